The second-order valence-electron chi connectivity index (χ2n) is 6.30. The quantitative estimate of drug-likeness (QED) is 0.899. The molecule has 1 aromatic rings. The third-order valence-corrected chi connectivity index (χ3v) is 4.41. The number of hydrogen-bond donors (Lipinski definition) is 1. The number of piperazine rings is 1. The van der Waals surface area contributed by atoms with Crippen molar-refractivity contribution >= 4 is 5.69 Å². The van der Waals surface area contributed by atoms with Crippen LogP contribution in [-0.2, 0) is 0 Å². The lowest BCUT2D eigenvalue weighted by Crippen LogP contribution is -2.64. The molecule has 1 aromatic carbocycles. The largest absolute Gasteiger partial charge is 0.368 e. The Morgan fingerprint density at radius 3 is 2.63 bits per heavy atom. The number of rotatable bonds is 3. The molecule has 0 radical (unpaired) electrons. The van der Waals surface area contributed by atoms with Crippen LogP contribution in [0.25, 0.3) is 0 Å². The van der Waals surface area contributed by atoms with Crippen molar-refractivity contribution in [1.29, 1.82) is 0 Å². The van der Waals surface area contributed by atoms with Gasteiger partial charge in [0.25, 0.3) is 0 Å². The predicted molar refractivity (Wildman–Crippen MR) is 82.9 cm³/mol. The summed E-state index contributed by atoms with van der Waals surface area (Å²) in [5.74, 6) is 0. The molecular formula is C16H27N3. The van der Waals surface area contributed by atoms with Crippen LogP contribution in [0.15, 0.2) is 24.3 Å². The average Bonchev–Trinajstić information content (AvgIpc) is 2.35. The van der Waals surface area contributed by atoms with Gasteiger partial charge in [-0.3, -0.25) is 4.90 Å². The van der Waals surface area contributed by atoms with Crippen LogP contribution in [0, 0.1) is 6.92 Å². The summed E-state index contributed by atoms with van der Waals surface area (Å²) in [5.41, 5.74) is 2.94. The van der Waals surface area contributed by atoms with Gasteiger partial charge in [-0.05, 0) is 46.5 Å². The van der Waals surface area contributed by atoms with Crippen molar-refractivity contribution in [3.8, 4) is 0 Å². The maximum absolute atomic E-state index is 3.32. The van der Waals surface area contributed by atoms with Gasteiger partial charge in [-0.2, -0.15) is 0 Å². The molecule has 0 saturated carbocycles. The number of nitrogens with one attached hydrogen (secondary N) is 1. The van der Waals surface area contributed by atoms with Crippen LogP contribution in [0.4, 0.5) is 5.69 Å². The lowest BCUT2D eigenvalue weighted by atomic mass is 9.94. The van der Waals surface area contributed by atoms with Crippen molar-refractivity contribution in [3.63, 3.8) is 0 Å². The monoisotopic (exact) mass is 261 g/mol. The van der Waals surface area contributed by atoms with Crippen molar-refractivity contribution in [2.75, 3.05) is 38.6 Å². The molecule has 1 aliphatic rings. The number of likely N-dealkylation sites (N-methyl/N-ethyl adjacent to an activating group) is 2. The highest BCUT2D eigenvalue weighted by molar-refractivity contribution is 5.54. The summed E-state index contributed by atoms with van der Waals surface area (Å²) in [6, 6.07) is 9.25. The maximum atomic E-state index is 3.32. The molecular weight excluding hydrogens is 234 g/mol. The molecule has 3 heteroatoms. The zero-order chi connectivity index (χ0) is 14.0. The minimum Gasteiger partial charge on any atom is -0.368 e. The lowest BCUT2D eigenvalue weighted by molar-refractivity contribution is 0.0809. The van der Waals surface area contributed by atoms with Crippen LogP contribution in [0.3, 0.4) is 0 Å². The van der Waals surface area contributed by atoms with Crippen molar-refractivity contribution in [3.05, 3.63) is 29.8 Å². The Morgan fingerprint density at radius 1 is 1.32 bits per heavy atom. The number of aryl methyl sites for hydroxylation is 1. The summed E-state index contributed by atoms with van der Waals surface area (Å²) in [7, 11) is 4.28. The van der Waals surface area contributed by atoms with Gasteiger partial charge in [0, 0.05) is 36.9 Å². The van der Waals surface area contributed by atoms with E-state index < -0.39 is 0 Å². The first-order valence-corrected chi connectivity index (χ1v) is 7.14. The van der Waals surface area contributed by atoms with E-state index in [1.807, 2.05) is 7.05 Å². The zero-order valence-corrected chi connectivity index (χ0v) is 12.9. The van der Waals surface area contributed by atoms with Gasteiger partial charge in [0.05, 0.1) is 0 Å². The van der Waals surface area contributed by atoms with Crippen molar-refractivity contribution in [2.45, 2.75) is 32.4 Å². The van der Waals surface area contributed by atoms with E-state index in [0.29, 0.717) is 6.04 Å². The molecule has 0 aliphatic carbocycles. The van der Waals surface area contributed by atoms with E-state index in [1.54, 1.807) is 0 Å². The third kappa shape index (κ3) is 2.93. The third-order valence-electron chi connectivity index (χ3n) is 4.41. The summed E-state index contributed by atoms with van der Waals surface area (Å²) in [5, 5.41) is 3.32. The van der Waals surface area contributed by atoms with E-state index in [4.69, 9.17) is 0 Å². The van der Waals surface area contributed by atoms with E-state index in [-0.39, 0.29) is 5.54 Å². The van der Waals surface area contributed by atoms with Gasteiger partial charge in [-0.15, -0.1) is 0 Å². The molecule has 1 saturated heterocycles. The SMILES string of the molecule is CNCC1CN(c2ccccc2C)CC(C)(C)N1C. The second kappa shape index (κ2) is 5.51. The number of para-hydroxylation sites is 1. The first-order valence-electron chi connectivity index (χ1n) is 7.14. The van der Waals surface area contributed by atoms with Gasteiger partial charge in [0.15, 0.2) is 0 Å². The zero-order valence-electron chi connectivity index (χ0n) is 12.9. The van der Waals surface area contributed by atoms with Crippen LogP contribution < -0.4 is 10.2 Å². The Morgan fingerprint density at radius 2 is 2.00 bits per heavy atom. The fraction of sp³-hybridized carbons (Fsp3) is 0.625. The standard InChI is InChI=1S/C16H27N3/c1-13-8-6-7-9-15(13)19-11-14(10-17-4)18(5)16(2,3)12-19/h6-9,14,17H,10-12H2,1-5H3. The molecule has 0 bridgehead atoms. The van der Waals surface area contributed by atoms with Crippen molar-refractivity contribution in [2.24, 2.45) is 0 Å². The predicted octanol–water partition coefficient (Wildman–Crippen LogP) is 2.11. The minimum atomic E-state index is 0.196. The topological polar surface area (TPSA) is 18.5 Å². The Balaban J connectivity index is 2.25. The molecule has 0 aromatic heterocycles. The lowest BCUT2D eigenvalue weighted by Gasteiger charge is -2.51. The number of nitrogens with zero attached hydrogens (tertiary/aromatic N) is 2. The highest BCUT2D eigenvalue weighted by atomic mass is 15.3. The van der Waals surface area contributed by atoms with Crippen molar-refractivity contribution < 1.29 is 0 Å². The fourth-order valence-corrected chi connectivity index (χ4v) is 3.05. The maximum Gasteiger partial charge on any atom is 0.0398 e. The molecule has 0 amide bonds. The Bertz CT molecular complexity index is 428. The molecule has 1 atom stereocenters. The molecule has 1 fully saturated rings. The first-order chi connectivity index (χ1) is 8.95. The van der Waals surface area contributed by atoms with E-state index in [9.17, 15) is 0 Å². The number of anilines is 1. The summed E-state index contributed by atoms with van der Waals surface area (Å²) in [4.78, 5) is 5.05. The molecule has 19 heavy (non-hydrogen) atoms. The van der Waals surface area contributed by atoms with Crippen LogP contribution in [0.5, 0.6) is 0 Å². The molecule has 1 aliphatic heterocycles. The normalized spacial score (nSPS) is 23.6. The molecule has 106 valence electrons. The summed E-state index contributed by atoms with van der Waals surface area (Å²) in [6.07, 6.45) is 0. The van der Waals surface area contributed by atoms with Crippen LogP contribution in [-0.4, -0.2) is 50.2 Å². The van der Waals surface area contributed by atoms with Gasteiger partial charge in [-0.25, -0.2) is 0 Å². The summed E-state index contributed by atoms with van der Waals surface area (Å²) < 4.78 is 0. The highest BCUT2D eigenvalue weighted by Crippen LogP contribution is 2.29. The Kier molecular flexibility index (Phi) is 4.16. The van der Waals surface area contributed by atoms with Crippen LogP contribution in [0.1, 0.15) is 19.4 Å². The number of benzene rings is 1. The highest BCUT2D eigenvalue weighted by Gasteiger charge is 2.37. The van der Waals surface area contributed by atoms with E-state index in [2.05, 4.69) is 67.2 Å². The second-order valence-corrected chi connectivity index (χ2v) is 6.30. The van der Waals surface area contributed by atoms with Gasteiger partial charge in [-0.1, -0.05) is 18.2 Å². The van der Waals surface area contributed by atoms with Gasteiger partial charge in [0.1, 0.15) is 0 Å². The van der Waals surface area contributed by atoms with E-state index >= 15 is 0 Å². The van der Waals surface area contributed by atoms with Gasteiger partial charge < -0.3 is 10.2 Å². The fourth-order valence-electron chi connectivity index (χ4n) is 3.05. The summed E-state index contributed by atoms with van der Waals surface area (Å²) >= 11 is 0. The van der Waals surface area contributed by atoms with Crippen LogP contribution >= 0.6 is 0 Å². The molecule has 3 nitrogen and oxygen atoms in total. The molecule has 1 N–H and O–H groups in total. The Hall–Kier alpha value is -1.06. The molecule has 1 unspecified atom stereocenters. The minimum absolute atomic E-state index is 0.196. The van der Waals surface area contributed by atoms with Crippen molar-refractivity contribution in [1.82, 2.24) is 10.2 Å². The van der Waals surface area contributed by atoms with Gasteiger partial charge >= 0.3 is 0 Å². The van der Waals surface area contributed by atoms with E-state index in [0.717, 1.165) is 19.6 Å². The van der Waals surface area contributed by atoms with Crippen LogP contribution in [0.2, 0.25) is 0 Å². The van der Waals surface area contributed by atoms with E-state index in [1.165, 1.54) is 11.3 Å². The summed E-state index contributed by atoms with van der Waals surface area (Å²) in [6.45, 7) is 10.1. The molecule has 1 heterocycles. The first kappa shape index (κ1) is 14.4. The number of hydrogen-bond acceptors (Lipinski definition) is 3. The van der Waals surface area contributed by atoms with Gasteiger partial charge in [0.2, 0.25) is 0 Å². The average molecular weight is 261 g/mol. The smallest absolute Gasteiger partial charge is 0.0398 e. The molecule has 0 spiro atoms. The molecule has 2 rings (SSSR count). The Labute approximate surface area is 117 Å².